The second kappa shape index (κ2) is 36.6. The number of imide groups is 1. The van der Waals surface area contributed by atoms with E-state index in [0.717, 1.165) is 19.3 Å². The lowest BCUT2D eigenvalue weighted by Gasteiger charge is -2.14. The van der Waals surface area contributed by atoms with Crippen molar-refractivity contribution < 1.29 is 18.9 Å². The number of carbonyl (C=O) groups excluding carboxylic acids is 2. The smallest absolute Gasteiger partial charge is 0.245 e. The minimum absolute atomic E-state index is 0.0700. The fourth-order valence-electron chi connectivity index (χ4n) is 7.59. The van der Waals surface area contributed by atoms with E-state index in [9.17, 15) is 13.8 Å². The molecule has 2 amide bonds. The lowest BCUT2D eigenvalue weighted by atomic mass is 10.0. The third-order valence-corrected chi connectivity index (χ3v) is 12.7. The summed E-state index contributed by atoms with van der Waals surface area (Å²) in [6.45, 7) is 2.84. The molecule has 1 fully saturated rings. The van der Waals surface area contributed by atoms with Gasteiger partial charge < -0.3 is 5.11 Å². The molecule has 0 aromatic heterocycles. The Balaban J connectivity index is 1.72. The van der Waals surface area contributed by atoms with Gasteiger partial charge in [-0.15, -0.1) is 0 Å². The molecule has 6 heteroatoms. The van der Waals surface area contributed by atoms with Crippen LogP contribution in [-0.2, 0) is 20.4 Å². The third kappa shape index (κ3) is 27.8. The second-order valence-electron chi connectivity index (χ2n) is 15.8. The summed E-state index contributed by atoms with van der Waals surface area (Å²) in [5, 5.41) is 8.22. The molecule has 0 aromatic carbocycles. The highest BCUT2D eigenvalue weighted by atomic mass is 32.2. The molecule has 0 spiro atoms. The minimum atomic E-state index is -1.32. The van der Waals surface area contributed by atoms with E-state index in [-0.39, 0.29) is 24.8 Å². The summed E-state index contributed by atoms with van der Waals surface area (Å²) in [7, 11) is -1.32. The van der Waals surface area contributed by atoms with Crippen molar-refractivity contribution in [2.24, 2.45) is 0 Å². The number of unbranched alkanes of at least 4 members (excludes halogenated alkanes) is 34. The summed E-state index contributed by atoms with van der Waals surface area (Å²) in [5.41, 5.74) is 0. The summed E-state index contributed by atoms with van der Waals surface area (Å²) >= 11 is 0. The Morgan fingerprint density at radius 1 is 0.480 bits per heavy atom. The largest absolute Gasteiger partial charge is 0.396 e. The van der Waals surface area contributed by atoms with Crippen molar-refractivity contribution in [2.45, 2.75) is 250 Å². The van der Waals surface area contributed by atoms with Crippen LogP contribution in [0.25, 0.3) is 0 Å². The molecule has 2 unspecified atom stereocenters. The van der Waals surface area contributed by atoms with Crippen LogP contribution in [0.15, 0.2) is 0 Å². The highest BCUT2D eigenvalue weighted by molar-refractivity contribution is 7.86. The van der Waals surface area contributed by atoms with Gasteiger partial charge in [-0.2, -0.15) is 0 Å². The summed E-state index contributed by atoms with van der Waals surface area (Å²) in [5.74, 6) is -0.0254. The lowest BCUT2D eigenvalue weighted by Crippen LogP contribution is -2.34. The van der Waals surface area contributed by atoms with Crippen molar-refractivity contribution in [3.63, 3.8) is 0 Å². The number of aliphatic hydroxyl groups excluding tert-OH is 1. The summed E-state index contributed by atoms with van der Waals surface area (Å²) in [6, 6.07) is 0. The van der Waals surface area contributed by atoms with E-state index in [1.807, 2.05) is 0 Å². The molecular formula is C44H85NO4S. The van der Waals surface area contributed by atoms with Gasteiger partial charge in [-0.25, -0.2) is 0 Å². The zero-order valence-corrected chi connectivity index (χ0v) is 34.2. The number of aliphatic hydroxyl groups is 1. The van der Waals surface area contributed by atoms with Gasteiger partial charge in [0.1, 0.15) is 5.25 Å². The number of rotatable bonds is 40. The van der Waals surface area contributed by atoms with Crippen molar-refractivity contribution in [3.05, 3.63) is 0 Å². The Morgan fingerprint density at radius 2 is 0.780 bits per heavy atom. The monoisotopic (exact) mass is 724 g/mol. The molecule has 1 N–H and O–H groups in total. The number of likely N-dealkylation sites (tertiary alicyclic amines) is 1. The first-order valence-electron chi connectivity index (χ1n) is 22.4. The Kier molecular flexibility index (Phi) is 34.6. The highest BCUT2D eigenvalue weighted by Gasteiger charge is 2.41. The molecule has 5 nitrogen and oxygen atoms in total. The number of hydrogen-bond donors (Lipinski definition) is 1. The number of amides is 2. The molecule has 1 aliphatic rings. The standard InChI is InChI=1S/C44H85NO4S/c1-2-3-4-5-6-7-8-9-10-11-12-13-14-15-16-17-18-19-20-21-22-23-24-25-26-27-28-29-30-31-32-33-34-35-38-45-43(47)41-42(44(45)48)50(49)40-37-36-39-46/h42,46H,2-41H2,1H3. The number of nitrogens with zero attached hydrogens (tertiary/aromatic N) is 1. The van der Waals surface area contributed by atoms with E-state index in [1.54, 1.807) is 0 Å². The van der Waals surface area contributed by atoms with Gasteiger partial charge in [0.25, 0.3) is 0 Å². The lowest BCUT2D eigenvalue weighted by molar-refractivity contribution is -0.138. The second-order valence-corrected chi connectivity index (χ2v) is 17.5. The van der Waals surface area contributed by atoms with Crippen LogP contribution in [0.1, 0.15) is 244 Å². The van der Waals surface area contributed by atoms with Crippen LogP contribution >= 0.6 is 0 Å². The van der Waals surface area contributed by atoms with Gasteiger partial charge in [-0.1, -0.05) is 219 Å². The summed E-state index contributed by atoms with van der Waals surface area (Å²) in [6.07, 6.45) is 48.6. The van der Waals surface area contributed by atoms with E-state index in [1.165, 1.54) is 204 Å². The quantitative estimate of drug-likeness (QED) is 0.0504. The van der Waals surface area contributed by atoms with E-state index in [0.29, 0.717) is 25.1 Å². The van der Waals surface area contributed by atoms with Crippen LogP contribution in [0.3, 0.4) is 0 Å². The molecule has 2 atom stereocenters. The van der Waals surface area contributed by atoms with Crippen molar-refractivity contribution in [1.29, 1.82) is 0 Å². The molecule has 50 heavy (non-hydrogen) atoms. The molecule has 0 radical (unpaired) electrons. The molecule has 0 bridgehead atoms. The maximum absolute atomic E-state index is 12.6. The summed E-state index contributed by atoms with van der Waals surface area (Å²) < 4.78 is 12.4. The van der Waals surface area contributed by atoms with E-state index >= 15 is 0 Å². The van der Waals surface area contributed by atoms with Gasteiger partial charge in [0.2, 0.25) is 11.8 Å². The first-order chi connectivity index (χ1) is 24.6. The molecule has 296 valence electrons. The first-order valence-corrected chi connectivity index (χ1v) is 23.8. The Labute approximate surface area is 314 Å². The Morgan fingerprint density at radius 3 is 1.08 bits per heavy atom. The van der Waals surface area contributed by atoms with Crippen molar-refractivity contribution in [2.75, 3.05) is 18.9 Å². The molecule has 1 aliphatic heterocycles. The van der Waals surface area contributed by atoms with Gasteiger partial charge in [0.15, 0.2) is 0 Å². The topological polar surface area (TPSA) is 74.7 Å². The SMILES string of the molecule is CCCCCCCCCCCCCCCCCCCCCCCCCCCCCCCCCCCCN1C(=O)CC(S(=O)CCCCO)C1=O. The van der Waals surface area contributed by atoms with Crippen LogP contribution in [0.5, 0.6) is 0 Å². The molecule has 0 saturated carbocycles. The van der Waals surface area contributed by atoms with E-state index < -0.39 is 16.0 Å². The maximum atomic E-state index is 12.6. The number of carbonyl (C=O) groups is 2. The Hall–Kier alpha value is -0.750. The van der Waals surface area contributed by atoms with Gasteiger partial charge in [0.05, 0.1) is 6.42 Å². The average molecular weight is 724 g/mol. The Bertz CT molecular complexity index is 790. The van der Waals surface area contributed by atoms with Gasteiger partial charge >= 0.3 is 0 Å². The highest BCUT2D eigenvalue weighted by Crippen LogP contribution is 2.21. The predicted molar refractivity (Wildman–Crippen MR) is 217 cm³/mol. The zero-order valence-electron chi connectivity index (χ0n) is 33.4. The predicted octanol–water partition coefficient (Wildman–Crippen LogP) is 12.9. The normalized spacial score (nSPS) is 15.5. The van der Waals surface area contributed by atoms with Crippen LogP contribution in [0, 0.1) is 0 Å². The zero-order chi connectivity index (χ0) is 36.2. The van der Waals surface area contributed by atoms with E-state index in [2.05, 4.69) is 6.92 Å². The van der Waals surface area contributed by atoms with Gasteiger partial charge in [0, 0.05) is 29.7 Å². The summed E-state index contributed by atoms with van der Waals surface area (Å²) in [4.78, 5) is 26.2. The molecule has 1 rings (SSSR count). The van der Waals surface area contributed by atoms with Crippen LogP contribution < -0.4 is 0 Å². The molecule has 1 saturated heterocycles. The van der Waals surface area contributed by atoms with Crippen molar-refractivity contribution in [3.8, 4) is 0 Å². The van der Waals surface area contributed by atoms with Crippen LogP contribution in [0.4, 0.5) is 0 Å². The molecular weight excluding hydrogens is 639 g/mol. The van der Waals surface area contributed by atoms with E-state index in [4.69, 9.17) is 5.11 Å². The molecule has 1 heterocycles. The molecule has 0 aromatic rings. The molecule has 0 aliphatic carbocycles. The van der Waals surface area contributed by atoms with Crippen LogP contribution in [-0.4, -0.2) is 50.2 Å². The van der Waals surface area contributed by atoms with Crippen LogP contribution in [0.2, 0.25) is 0 Å². The van der Waals surface area contributed by atoms with Crippen molar-refractivity contribution in [1.82, 2.24) is 4.90 Å². The first kappa shape index (κ1) is 47.3. The van der Waals surface area contributed by atoms with Gasteiger partial charge in [-0.05, 0) is 19.3 Å². The van der Waals surface area contributed by atoms with Crippen molar-refractivity contribution >= 4 is 22.6 Å². The average Bonchev–Trinajstić information content (AvgIpc) is 3.40. The fourth-order valence-corrected chi connectivity index (χ4v) is 9.05. The van der Waals surface area contributed by atoms with Gasteiger partial charge in [-0.3, -0.25) is 18.7 Å². The fraction of sp³-hybridized carbons (Fsp3) is 0.955. The third-order valence-electron chi connectivity index (χ3n) is 11.0. The minimum Gasteiger partial charge on any atom is -0.396 e. The maximum Gasteiger partial charge on any atom is 0.245 e. The number of hydrogen-bond acceptors (Lipinski definition) is 4.